The van der Waals surface area contributed by atoms with Crippen LogP contribution in [0.3, 0.4) is 0 Å². The number of halogens is 1. The lowest BCUT2D eigenvalue weighted by Gasteiger charge is -2.09. The number of benzene rings is 2. The molecule has 0 fully saturated rings. The SMILES string of the molecule is COC(=O)c1cc(NCc2ccc(O)c(O)c2)ccc1F. The van der Waals surface area contributed by atoms with Gasteiger partial charge < -0.3 is 20.3 Å². The van der Waals surface area contributed by atoms with Crippen LogP contribution in [-0.2, 0) is 11.3 Å². The van der Waals surface area contributed by atoms with Gasteiger partial charge in [0.05, 0.1) is 12.7 Å². The number of phenolic OH excluding ortho intramolecular Hbond substituents is 2. The van der Waals surface area contributed by atoms with Gasteiger partial charge in [-0.05, 0) is 35.9 Å². The fourth-order valence-corrected chi connectivity index (χ4v) is 1.78. The van der Waals surface area contributed by atoms with Crippen molar-refractivity contribution in [2.75, 3.05) is 12.4 Å². The van der Waals surface area contributed by atoms with Crippen LogP contribution in [-0.4, -0.2) is 23.3 Å². The summed E-state index contributed by atoms with van der Waals surface area (Å²) in [5.41, 5.74) is 1.09. The lowest BCUT2D eigenvalue weighted by molar-refractivity contribution is 0.0595. The number of hydrogen-bond donors (Lipinski definition) is 3. The first-order chi connectivity index (χ1) is 10.0. The van der Waals surface area contributed by atoms with Crippen LogP contribution < -0.4 is 5.32 Å². The summed E-state index contributed by atoms with van der Waals surface area (Å²) in [6.45, 7) is 0.333. The number of phenols is 2. The van der Waals surface area contributed by atoms with Crippen LogP contribution in [0, 0.1) is 5.82 Å². The highest BCUT2D eigenvalue weighted by Gasteiger charge is 2.12. The van der Waals surface area contributed by atoms with Crippen LogP contribution in [0.25, 0.3) is 0 Å². The van der Waals surface area contributed by atoms with Crippen molar-refractivity contribution < 1.29 is 24.1 Å². The molecule has 0 spiro atoms. The van der Waals surface area contributed by atoms with Crippen molar-refractivity contribution >= 4 is 11.7 Å². The number of carbonyl (C=O) groups excluding carboxylic acids is 1. The molecule has 3 N–H and O–H groups in total. The van der Waals surface area contributed by atoms with Crippen LogP contribution >= 0.6 is 0 Å². The number of nitrogens with one attached hydrogen (secondary N) is 1. The Hall–Kier alpha value is -2.76. The highest BCUT2D eigenvalue weighted by molar-refractivity contribution is 5.90. The molecule has 0 unspecified atom stereocenters. The number of methoxy groups -OCH3 is 1. The second-order valence-corrected chi connectivity index (χ2v) is 4.36. The number of hydrogen-bond acceptors (Lipinski definition) is 5. The molecule has 110 valence electrons. The highest BCUT2D eigenvalue weighted by atomic mass is 19.1. The summed E-state index contributed by atoms with van der Waals surface area (Å²) < 4.78 is 18.0. The Labute approximate surface area is 120 Å². The van der Waals surface area contributed by atoms with E-state index in [1.807, 2.05) is 0 Å². The van der Waals surface area contributed by atoms with E-state index in [4.69, 9.17) is 0 Å². The number of ether oxygens (including phenoxy) is 1. The average Bonchev–Trinajstić information content (AvgIpc) is 2.49. The molecular weight excluding hydrogens is 277 g/mol. The first kappa shape index (κ1) is 14.6. The van der Waals surface area contributed by atoms with Gasteiger partial charge in [0.2, 0.25) is 0 Å². The van der Waals surface area contributed by atoms with Gasteiger partial charge in [-0.25, -0.2) is 9.18 Å². The molecule has 0 aliphatic carbocycles. The first-order valence-electron chi connectivity index (χ1n) is 6.14. The van der Waals surface area contributed by atoms with Crippen LogP contribution in [0.1, 0.15) is 15.9 Å². The molecule has 0 aromatic heterocycles. The van der Waals surface area contributed by atoms with Gasteiger partial charge in [-0.1, -0.05) is 6.07 Å². The van der Waals surface area contributed by atoms with Crippen LogP contribution in [0.4, 0.5) is 10.1 Å². The molecule has 0 amide bonds. The molecule has 2 rings (SSSR count). The zero-order valence-electron chi connectivity index (χ0n) is 11.3. The lowest BCUT2D eigenvalue weighted by Crippen LogP contribution is -2.06. The fourth-order valence-electron chi connectivity index (χ4n) is 1.78. The number of aromatic hydroxyl groups is 2. The Kier molecular flexibility index (Phi) is 4.27. The van der Waals surface area contributed by atoms with E-state index in [0.29, 0.717) is 17.8 Å². The Morgan fingerprint density at radius 3 is 2.62 bits per heavy atom. The largest absolute Gasteiger partial charge is 0.504 e. The summed E-state index contributed by atoms with van der Waals surface area (Å²) >= 11 is 0. The minimum Gasteiger partial charge on any atom is -0.504 e. The predicted molar refractivity (Wildman–Crippen MR) is 74.8 cm³/mol. The molecule has 2 aromatic carbocycles. The first-order valence-corrected chi connectivity index (χ1v) is 6.14. The molecule has 0 saturated heterocycles. The van der Waals surface area contributed by atoms with Crippen molar-refractivity contribution in [2.24, 2.45) is 0 Å². The number of rotatable bonds is 4. The van der Waals surface area contributed by atoms with E-state index >= 15 is 0 Å². The molecule has 0 saturated carbocycles. The van der Waals surface area contributed by atoms with Gasteiger partial charge in [0, 0.05) is 12.2 Å². The third-order valence-electron chi connectivity index (χ3n) is 2.91. The van der Waals surface area contributed by atoms with E-state index in [0.717, 1.165) is 0 Å². The van der Waals surface area contributed by atoms with E-state index in [-0.39, 0.29) is 17.1 Å². The van der Waals surface area contributed by atoms with Crippen LogP contribution in [0.2, 0.25) is 0 Å². The van der Waals surface area contributed by atoms with Gasteiger partial charge in [-0.15, -0.1) is 0 Å². The van der Waals surface area contributed by atoms with Crippen LogP contribution in [0.15, 0.2) is 36.4 Å². The van der Waals surface area contributed by atoms with Crippen molar-refractivity contribution in [3.8, 4) is 11.5 Å². The minimum atomic E-state index is -0.751. The maximum Gasteiger partial charge on any atom is 0.340 e. The van der Waals surface area contributed by atoms with Crippen molar-refractivity contribution in [2.45, 2.75) is 6.54 Å². The Bertz CT molecular complexity index is 673. The van der Waals surface area contributed by atoms with Crippen molar-refractivity contribution in [1.29, 1.82) is 0 Å². The molecule has 0 heterocycles. The van der Waals surface area contributed by atoms with Gasteiger partial charge in [0.1, 0.15) is 5.82 Å². The Morgan fingerprint density at radius 2 is 1.95 bits per heavy atom. The summed E-state index contributed by atoms with van der Waals surface area (Å²) in [6, 6.07) is 8.42. The van der Waals surface area contributed by atoms with Gasteiger partial charge in [0.25, 0.3) is 0 Å². The molecule has 0 atom stereocenters. The van der Waals surface area contributed by atoms with Gasteiger partial charge in [-0.3, -0.25) is 0 Å². The summed E-state index contributed by atoms with van der Waals surface area (Å²) in [4.78, 5) is 11.4. The molecular formula is C15H14FNO4. The second kappa shape index (κ2) is 6.13. The quantitative estimate of drug-likeness (QED) is 0.596. The van der Waals surface area contributed by atoms with Crippen molar-refractivity contribution in [1.82, 2.24) is 0 Å². The van der Waals surface area contributed by atoms with Gasteiger partial charge >= 0.3 is 5.97 Å². The number of esters is 1. The van der Waals surface area contributed by atoms with E-state index in [1.54, 1.807) is 6.07 Å². The Balaban J connectivity index is 2.13. The second-order valence-electron chi connectivity index (χ2n) is 4.36. The molecule has 0 bridgehead atoms. The van der Waals surface area contributed by atoms with E-state index in [2.05, 4.69) is 10.1 Å². The molecule has 0 aliphatic rings. The zero-order chi connectivity index (χ0) is 15.4. The molecule has 5 nitrogen and oxygen atoms in total. The van der Waals surface area contributed by atoms with Crippen molar-refractivity contribution in [3.05, 3.63) is 53.3 Å². The summed E-state index contributed by atoms with van der Waals surface area (Å²) in [5.74, 6) is -1.83. The van der Waals surface area contributed by atoms with E-state index < -0.39 is 11.8 Å². The topological polar surface area (TPSA) is 78.8 Å². The number of anilines is 1. The zero-order valence-corrected chi connectivity index (χ0v) is 11.3. The molecule has 21 heavy (non-hydrogen) atoms. The maximum absolute atomic E-state index is 13.5. The van der Waals surface area contributed by atoms with Crippen LogP contribution in [0.5, 0.6) is 11.5 Å². The minimum absolute atomic E-state index is 0.156. The third-order valence-corrected chi connectivity index (χ3v) is 2.91. The van der Waals surface area contributed by atoms with E-state index in [1.165, 1.54) is 37.4 Å². The third kappa shape index (κ3) is 3.42. The fraction of sp³-hybridized carbons (Fsp3) is 0.133. The van der Waals surface area contributed by atoms with E-state index in [9.17, 15) is 19.4 Å². The molecule has 6 heteroatoms. The summed E-state index contributed by atoms with van der Waals surface area (Å²) in [5, 5.41) is 21.6. The predicted octanol–water partition coefficient (Wildman–Crippen LogP) is 2.64. The summed E-state index contributed by atoms with van der Waals surface area (Å²) in [7, 11) is 1.18. The molecule has 0 aliphatic heterocycles. The number of carbonyl (C=O) groups is 1. The Morgan fingerprint density at radius 1 is 1.19 bits per heavy atom. The normalized spacial score (nSPS) is 10.2. The smallest absolute Gasteiger partial charge is 0.340 e. The maximum atomic E-state index is 13.5. The van der Waals surface area contributed by atoms with Crippen molar-refractivity contribution in [3.63, 3.8) is 0 Å². The van der Waals surface area contributed by atoms with Gasteiger partial charge in [-0.2, -0.15) is 0 Å². The average molecular weight is 291 g/mol. The van der Waals surface area contributed by atoms with Gasteiger partial charge in [0.15, 0.2) is 11.5 Å². The molecule has 0 radical (unpaired) electrons. The monoisotopic (exact) mass is 291 g/mol. The molecule has 2 aromatic rings. The standard InChI is InChI=1S/C15H14FNO4/c1-21-15(20)11-7-10(3-4-12(11)16)17-8-9-2-5-13(18)14(19)6-9/h2-7,17-19H,8H2,1H3. The summed E-state index contributed by atoms with van der Waals surface area (Å²) in [6.07, 6.45) is 0. The lowest BCUT2D eigenvalue weighted by atomic mass is 10.1. The highest BCUT2D eigenvalue weighted by Crippen LogP contribution is 2.25.